The molecule has 110 valence electrons. The van der Waals surface area contributed by atoms with Crippen LogP contribution in [0.3, 0.4) is 0 Å². The molecule has 1 heterocycles. The molecule has 21 heavy (non-hydrogen) atoms. The van der Waals surface area contributed by atoms with Gasteiger partial charge in [-0.3, -0.25) is 19.6 Å². The van der Waals surface area contributed by atoms with Gasteiger partial charge in [-0.05, 0) is 19.1 Å². The summed E-state index contributed by atoms with van der Waals surface area (Å²) in [5.41, 5.74) is -0.303. The largest absolute Gasteiger partial charge is 0.328 e. The van der Waals surface area contributed by atoms with Crippen molar-refractivity contribution in [3.05, 3.63) is 62.6 Å². The van der Waals surface area contributed by atoms with Crippen LogP contribution >= 0.6 is 0 Å². The summed E-state index contributed by atoms with van der Waals surface area (Å²) in [6.45, 7) is 1.45. The van der Waals surface area contributed by atoms with Gasteiger partial charge in [-0.2, -0.15) is 0 Å². The molecule has 0 radical (unpaired) electrons. The molecule has 1 aromatic heterocycles. The molecule has 0 amide bonds. The standard InChI is InChI=1S/C12H11N3O5S/c1-8-10(3-2-4-11(8)15(17)18)14-21(19,20)9-5-6-12(16)13-7-9/h2-7,14H,1H3,(H,13,16). The van der Waals surface area contributed by atoms with Gasteiger partial charge in [-0.1, -0.05) is 6.07 Å². The van der Waals surface area contributed by atoms with Gasteiger partial charge in [0.1, 0.15) is 4.90 Å². The Balaban J connectivity index is 2.42. The van der Waals surface area contributed by atoms with Crippen LogP contribution in [0.5, 0.6) is 0 Å². The van der Waals surface area contributed by atoms with Crippen molar-refractivity contribution in [2.45, 2.75) is 11.8 Å². The fraction of sp³-hybridized carbons (Fsp3) is 0.0833. The van der Waals surface area contributed by atoms with Gasteiger partial charge < -0.3 is 4.98 Å². The van der Waals surface area contributed by atoms with E-state index in [1.54, 1.807) is 0 Å². The molecule has 0 saturated heterocycles. The number of nitro benzene ring substituents is 1. The Morgan fingerprint density at radius 1 is 1.24 bits per heavy atom. The number of rotatable bonds is 4. The first kappa shape index (κ1) is 14.7. The zero-order valence-electron chi connectivity index (χ0n) is 10.9. The molecule has 0 atom stereocenters. The molecule has 0 fully saturated rings. The number of aromatic amines is 1. The van der Waals surface area contributed by atoms with E-state index in [2.05, 4.69) is 9.71 Å². The monoisotopic (exact) mass is 309 g/mol. The normalized spacial score (nSPS) is 11.1. The molecule has 0 unspecified atom stereocenters. The van der Waals surface area contributed by atoms with Crippen molar-refractivity contribution >= 4 is 21.4 Å². The van der Waals surface area contributed by atoms with E-state index < -0.39 is 20.5 Å². The van der Waals surface area contributed by atoms with Crippen molar-refractivity contribution in [3.63, 3.8) is 0 Å². The van der Waals surface area contributed by atoms with Crippen molar-refractivity contribution in [2.24, 2.45) is 0 Å². The highest BCUT2D eigenvalue weighted by molar-refractivity contribution is 7.92. The van der Waals surface area contributed by atoms with Gasteiger partial charge in [0.2, 0.25) is 5.56 Å². The summed E-state index contributed by atoms with van der Waals surface area (Å²) in [5.74, 6) is 0. The number of H-pyrrole nitrogens is 1. The molecule has 0 bridgehead atoms. The predicted octanol–water partition coefficient (Wildman–Crippen LogP) is 1.39. The summed E-state index contributed by atoms with van der Waals surface area (Å²) in [6.07, 6.45) is 1.05. The van der Waals surface area contributed by atoms with Crippen molar-refractivity contribution in [1.29, 1.82) is 0 Å². The zero-order valence-corrected chi connectivity index (χ0v) is 11.7. The lowest BCUT2D eigenvalue weighted by molar-refractivity contribution is -0.385. The van der Waals surface area contributed by atoms with Crippen LogP contribution in [0.25, 0.3) is 0 Å². The van der Waals surface area contributed by atoms with Gasteiger partial charge >= 0.3 is 0 Å². The van der Waals surface area contributed by atoms with Crippen LogP contribution in [0.2, 0.25) is 0 Å². The van der Waals surface area contributed by atoms with Gasteiger partial charge in [-0.15, -0.1) is 0 Å². The van der Waals surface area contributed by atoms with Crippen molar-refractivity contribution in [1.82, 2.24) is 4.98 Å². The van der Waals surface area contributed by atoms with Gasteiger partial charge in [-0.25, -0.2) is 8.42 Å². The highest BCUT2D eigenvalue weighted by atomic mass is 32.2. The molecule has 0 spiro atoms. The van der Waals surface area contributed by atoms with E-state index in [4.69, 9.17) is 0 Å². The molecule has 2 rings (SSSR count). The molecule has 1 aromatic carbocycles. The number of hydrogen-bond donors (Lipinski definition) is 2. The third-order valence-corrected chi connectivity index (χ3v) is 4.18. The van der Waals surface area contributed by atoms with Gasteiger partial charge in [0.15, 0.2) is 0 Å². The summed E-state index contributed by atoms with van der Waals surface area (Å²) in [5, 5.41) is 10.8. The minimum absolute atomic E-state index is 0.107. The third-order valence-electron chi connectivity index (χ3n) is 2.81. The number of hydrogen-bond acceptors (Lipinski definition) is 5. The molecule has 0 saturated carbocycles. The number of sulfonamides is 1. The van der Waals surface area contributed by atoms with Gasteiger partial charge in [0.25, 0.3) is 15.7 Å². The maximum Gasteiger partial charge on any atom is 0.274 e. The smallest absolute Gasteiger partial charge is 0.274 e. The molecular weight excluding hydrogens is 298 g/mol. The molecule has 0 aliphatic heterocycles. The van der Waals surface area contributed by atoms with Crippen LogP contribution in [0.1, 0.15) is 5.56 Å². The van der Waals surface area contributed by atoms with Crippen LogP contribution in [0, 0.1) is 17.0 Å². The number of aromatic nitrogens is 1. The lowest BCUT2D eigenvalue weighted by Gasteiger charge is -2.10. The first-order valence-electron chi connectivity index (χ1n) is 5.77. The van der Waals surface area contributed by atoms with E-state index in [0.717, 1.165) is 18.3 Å². The van der Waals surface area contributed by atoms with Crippen molar-refractivity contribution in [3.8, 4) is 0 Å². The minimum atomic E-state index is -3.94. The van der Waals surface area contributed by atoms with Crippen molar-refractivity contribution < 1.29 is 13.3 Å². The van der Waals surface area contributed by atoms with Crippen LogP contribution in [0.15, 0.2) is 46.2 Å². The molecular formula is C12H11N3O5S. The Morgan fingerprint density at radius 2 is 1.95 bits per heavy atom. The van der Waals surface area contributed by atoms with E-state index in [1.807, 2.05) is 0 Å². The first-order chi connectivity index (χ1) is 9.81. The van der Waals surface area contributed by atoms with Gasteiger partial charge in [0.05, 0.1) is 16.2 Å². The van der Waals surface area contributed by atoms with E-state index in [0.29, 0.717) is 0 Å². The second-order valence-electron chi connectivity index (χ2n) is 4.20. The number of benzene rings is 1. The third kappa shape index (κ3) is 3.08. The van der Waals surface area contributed by atoms with E-state index in [9.17, 15) is 23.3 Å². The maximum atomic E-state index is 12.1. The lowest BCUT2D eigenvalue weighted by Crippen LogP contribution is -2.16. The average Bonchev–Trinajstić information content (AvgIpc) is 2.41. The van der Waals surface area contributed by atoms with Crippen LogP contribution in [0.4, 0.5) is 11.4 Å². The Bertz CT molecular complexity index is 837. The quantitative estimate of drug-likeness (QED) is 0.652. The Morgan fingerprint density at radius 3 is 2.52 bits per heavy atom. The number of nitro groups is 1. The number of nitrogens with zero attached hydrogens (tertiary/aromatic N) is 1. The Kier molecular flexibility index (Phi) is 3.76. The van der Waals surface area contributed by atoms with Gasteiger partial charge in [0, 0.05) is 18.3 Å². The molecule has 2 N–H and O–H groups in total. The van der Waals surface area contributed by atoms with Crippen molar-refractivity contribution in [2.75, 3.05) is 4.72 Å². The van der Waals surface area contributed by atoms with Crippen LogP contribution in [-0.4, -0.2) is 18.3 Å². The molecule has 0 aliphatic carbocycles. The van der Waals surface area contributed by atoms with Crippen LogP contribution in [-0.2, 0) is 10.0 Å². The predicted molar refractivity (Wildman–Crippen MR) is 75.7 cm³/mol. The SMILES string of the molecule is Cc1c(NS(=O)(=O)c2ccc(=O)[nH]c2)cccc1[N+](=O)[O-]. The second kappa shape index (κ2) is 5.37. The minimum Gasteiger partial charge on any atom is -0.328 e. The molecule has 0 aliphatic rings. The van der Waals surface area contributed by atoms with Crippen LogP contribution < -0.4 is 10.3 Å². The summed E-state index contributed by atoms with van der Waals surface area (Å²) >= 11 is 0. The molecule has 2 aromatic rings. The fourth-order valence-electron chi connectivity index (χ4n) is 1.70. The summed E-state index contributed by atoms with van der Waals surface area (Å²) < 4.78 is 26.5. The second-order valence-corrected chi connectivity index (χ2v) is 5.88. The maximum absolute atomic E-state index is 12.1. The number of nitrogens with one attached hydrogen (secondary N) is 2. The number of pyridine rings is 1. The molecule has 8 nitrogen and oxygen atoms in total. The summed E-state index contributed by atoms with van der Waals surface area (Å²) in [4.78, 5) is 23.3. The topological polar surface area (TPSA) is 122 Å². The molecule has 9 heteroatoms. The Labute approximate surface area is 119 Å². The summed E-state index contributed by atoms with van der Waals surface area (Å²) in [7, 11) is -3.94. The number of anilines is 1. The highest BCUT2D eigenvalue weighted by Crippen LogP contribution is 2.26. The van der Waals surface area contributed by atoms with E-state index in [1.165, 1.54) is 25.1 Å². The zero-order chi connectivity index (χ0) is 15.6. The van der Waals surface area contributed by atoms with E-state index in [-0.39, 0.29) is 21.8 Å². The lowest BCUT2D eigenvalue weighted by atomic mass is 10.2. The average molecular weight is 309 g/mol. The van der Waals surface area contributed by atoms with E-state index >= 15 is 0 Å². The summed E-state index contributed by atoms with van der Waals surface area (Å²) in [6, 6.07) is 6.32. The fourth-order valence-corrected chi connectivity index (χ4v) is 2.79. The Hall–Kier alpha value is -2.68. The first-order valence-corrected chi connectivity index (χ1v) is 7.25. The highest BCUT2D eigenvalue weighted by Gasteiger charge is 2.19.